The SMILES string of the molecule is CC(C)CCC(O)c1ccnc2ccccc12. The van der Waals surface area contributed by atoms with Crippen LogP contribution < -0.4 is 0 Å². The first-order valence-electron chi connectivity index (χ1n) is 6.20. The molecule has 1 aromatic heterocycles. The smallest absolute Gasteiger partial charge is 0.0797 e. The molecule has 0 amide bonds. The fraction of sp³-hybridized carbons (Fsp3) is 0.400. The van der Waals surface area contributed by atoms with Crippen LogP contribution in [-0.4, -0.2) is 10.1 Å². The highest BCUT2D eigenvalue weighted by molar-refractivity contribution is 5.82. The van der Waals surface area contributed by atoms with Gasteiger partial charge in [-0.25, -0.2) is 0 Å². The van der Waals surface area contributed by atoms with Crippen LogP contribution in [-0.2, 0) is 0 Å². The lowest BCUT2D eigenvalue weighted by atomic mass is 9.97. The van der Waals surface area contributed by atoms with Crippen LogP contribution in [0.1, 0.15) is 38.4 Å². The lowest BCUT2D eigenvalue weighted by Gasteiger charge is -2.14. The number of rotatable bonds is 4. The largest absolute Gasteiger partial charge is 0.388 e. The molecule has 1 N–H and O–H groups in total. The molecule has 1 unspecified atom stereocenters. The van der Waals surface area contributed by atoms with Crippen LogP contribution in [0, 0.1) is 5.92 Å². The molecule has 1 aromatic carbocycles. The number of para-hydroxylation sites is 1. The van der Waals surface area contributed by atoms with Gasteiger partial charge in [0.25, 0.3) is 0 Å². The molecular formula is C15H19NO. The van der Waals surface area contributed by atoms with E-state index in [4.69, 9.17) is 0 Å². The first-order valence-corrected chi connectivity index (χ1v) is 6.20. The predicted molar refractivity (Wildman–Crippen MR) is 70.8 cm³/mol. The summed E-state index contributed by atoms with van der Waals surface area (Å²) in [5.74, 6) is 0.623. The Morgan fingerprint density at radius 3 is 2.65 bits per heavy atom. The van der Waals surface area contributed by atoms with Crippen molar-refractivity contribution in [1.82, 2.24) is 4.98 Å². The maximum atomic E-state index is 10.2. The predicted octanol–water partition coefficient (Wildman–Crippen LogP) is 3.70. The summed E-state index contributed by atoms with van der Waals surface area (Å²) in [7, 11) is 0. The molecule has 2 rings (SSSR count). The van der Waals surface area contributed by atoms with Crippen LogP contribution in [0.4, 0.5) is 0 Å². The van der Waals surface area contributed by atoms with Crippen LogP contribution >= 0.6 is 0 Å². The minimum atomic E-state index is -0.384. The standard InChI is InChI=1S/C15H19NO/c1-11(2)7-8-15(17)13-9-10-16-14-6-4-3-5-12(13)14/h3-6,9-11,15,17H,7-8H2,1-2H3. The van der Waals surface area contributed by atoms with Crippen molar-refractivity contribution in [1.29, 1.82) is 0 Å². The molecule has 0 aliphatic carbocycles. The molecule has 2 nitrogen and oxygen atoms in total. The fourth-order valence-electron chi connectivity index (χ4n) is 2.06. The minimum absolute atomic E-state index is 0.384. The van der Waals surface area contributed by atoms with E-state index in [2.05, 4.69) is 18.8 Å². The third-order valence-corrected chi connectivity index (χ3v) is 3.06. The Labute approximate surface area is 102 Å². The van der Waals surface area contributed by atoms with Crippen molar-refractivity contribution >= 4 is 10.9 Å². The fourth-order valence-corrected chi connectivity index (χ4v) is 2.06. The van der Waals surface area contributed by atoms with Crippen LogP contribution in [0.15, 0.2) is 36.5 Å². The first kappa shape index (κ1) is 12.1. The molecule has 1 atom stereocenters. The number of nitrogens with zero attached hydrogens (tertiary/aromatic N) is 1. The number of fused-ring (bicyclic) bond motifs is 1. The van der Waals surface area contributed by atoms with E-state index in [1.165, 1.54) is 0 Å². The van der Waals surface area contributed by atoms with Gasteiger partial charge in [0.15, 0.2) is 0 Å². The maximum absolute atomic E-state index is 10.2. The van der Waals surface area contributed by atoms with E-state index in [0.717, 1.165) is 29.3 Å². The summed E-state index contributed by atoms with van der Waals surface area (Å²) in [4.78, 5) is 4.31. The van der Waals surface area contributed by atoms with Crippen molar-refractivity contribution in [2.75, 3.05) is 0 Å². The zero-order valence-corrected chi connectivity index (χ0v) is 10.4. The highest BCUT2D eigenvalue weighted by atomic mass is 16.3. The molecule has 90 valence electrons. The van der Waals surface area contributed by atoms with Gasteiger partial charge in [-0.2, -0.15) is 0 Å². The van der Waals surface area contributed by atoms with Crippen LogP contribution in [0.5, 0.6) is 0 Å². The molecule has 17 heavy (non-hydrogen) atoms. The number of hydrogen-bond donors (Lipinski definition) is 1. The third kappa shape index (κ3) is 2.83. The van der Waals surface area contributed by atoms with E-state index >= 15 is 0 Å². The minimum Gasteiger partial charge on any atom is -0.388 e. The average Bonchev–Trinajstić information content (AvgIpc) is 2.35. The van der Waals surface area contributed by atoms with Crippen molar-refractivity contribution in [3.63, 3.8) is 0 Å². The van der Waals surface area contributed by atoms with E-state index in [1.54, 1.807) is 6.20 Å². The summed E-state index contributed by atoms with van der Waals surface area (Å²) in [5, 5.41) is 11.3. The Bertz CT molecular complexity index is 488. The van der Waals surface area contributed by atoms with Gasteiger partial charge in [-0.15, -0.1) is 0 Å². The van der Waals surface area contributed by atoms with E-state index in [0.29, 0.717) is 5.92 Å². The number of pyridine rings is 1. The summed E-state index contributed by atoms with van der Waals surface area (Å²) in [6, 6.07) is 9.89. The Hall–Kier alpha value is -1.41. The Balaban J connectivity index is 2.28. The van der Waals surface area contributed by atoms with E-state index < -0.39 is 0 Å². The second-order valence-corrected chi connectivity index (χ2v) is 4.90. The Kier molecular flexibility index (Phi) is 3.75. The molecule has 0 saturated heterocycles. The summed E-state index contributed by atoms with van der Waals surface area (Å²) < 4.78 is 0. The van der Waals surface area contributed by atoms with Crippen molar-refractivity contribution in [2.24, 2.45) is 5.92 Å². The number of aromatic nitrogens is 1. The van der Waals surface area contributed by atoms with Gasteiger partial charge in [0, 0.05) is 11.6 Å². The van der Waals surface area contributed by atoms with Crippen molar-refractivity contribution in [3.05, 3.63) is 42.1 Å². The van der Waals surface area contributed by atoms with Gasteiger partial charge in [0.05, 0.1) is 11.6 Å². The van der Waals surface area contributed by atoms with Gasteiger partial charge in [0.2, 0.25) is 0 Å². The zero-order chi connectivity index (χ0) is 12.3. The molecular weight excluding hydrogens is 210 g/mol. The summed E-state index contributed by atoms with van der Waals surface area (Å²) in [6.45, 7) is 4.36. The molecule has 0 radical (unpaired) electrons. The topological polar surface area (TPSA) is 33.1 Å². The molecule has 0 aliphatic heterocycles. The monoisotopic (exact) mass is 229 g/mol. The van der Waals surface area contributed by atoms with E-state index in [9.17, 15) is 5.11 Å². The molecule has 0 spiro atoms. The molecule has 0 fully saturated rings. The van der Waals surface area contributed by atoms with Crippen LogP contribution in [0.25, 0.3) is 10.9 Å². The highest BCUT2D eigenvalue weighted by Gasteiger charge is 2.11. The number of aliphatic hydroxyl groups excluding tert-OH is 1. The van der Waals surface area contributed by atoms with Crippen LogP contribution in [0.3, 0.4) is 0 Å². The second kappa shape index (κ2) is 5.28. The van der Waals surface area contributed by atoms with Crippen molar-refractivity contribution in [3.8, 4) is 0 Å². The number of benzene rings is 1. The molecule has 0 saturated carbocycles. The van der Waals surface area contributed by atoms with E-state index in [1.807, 2.05) is 30.3 Å². The van der Waals surface area contributed by atoms with Gasteiger partial charge >= 0.3 is 0 Å². The first-order chi connectivity index (χ1) is 8.18. The number of hydrogen-bond acceptors (Lipinski definition) is 2. The normalized spacial score (nSPS) is 13.2. The molecule has 0 bridgehead atoms. The van der Waals surface area contributed by atoms with Crippen molar-refractivity contribution in [2.45, 2.75) is 32.8 Å². The molecule has 1 heterocycles. The average molecular weight is 229 g/mol. The van der Waals surface area contributed by atoms with E-state index in [-0.39, 0.29) is 6.10 Å². The Morgan fingerprint density at radius 2 is 1.88 bits per heavy atom. The lowest BCUT2D eigenvalue weighted by molar-refractivity contribution is 0.160. The van der Waals surface area contributed by atoms with Gasteiger partial charge in [-0.05, 0) is 36.5 Å². The van der Waals surface area contributed by atoms with Crippen LogP contribution in [0.2, 0.25) is 0 Å². The lowest BCUT2D eigenvalue weighted by Crippen LogP contribution is -2.01. The third-order valence-electron chi connectivity index (χ3n) is 3.06. The molecule has 0 aliphatic rings. The Morgan fingerprint density at radius 1 is 1.12 bits per heavy atom. The van der Waals surface area contributed by atoms with Gasteiger partial charge < -0.3 is 5.11 Å². The number of aliphatic hydroxyl groups is 1. The summed E-state index contributed by atoms with van der Waals surface area (Å²) in [6.07, 6.45) is 3.24. The second-order valence-electron chi connectivity index (χ2n) is 4.90. The highest BCUT2D eigenvalue weighted by Crippen LogP contribution is 2.26. The molecule has 2 aromatic rings. The summed E-state index contributed by atoms with van der Waals surface area (Å²) in [5.41, 5.74) is 1.95. The molecule has 2 heteroatoms. The van der Waals surface area contributed by atoms with Gasteiger partial charge in [0.1, 0.15) is 0 Å². The zero-order valence-electron chi connectivity index (χ0n) is 10.4. The van der Waals surface area contributed by atoms with Gasteiger partial charge in [-0.1, -0.05) is 32.0 Å². The quantitative estimate of drug-likeness (QED) is 0.867. The summed E-state index contributed by atoms with van der Waals surface area (Å²) >= 11 is 0. The van der Waals surface area contributed by atoms with Gasteiger partial charge in [-0.3, -0.25) is 4.98 Å². The van der Waals surface area contributed by atoms with Crippen molar-refractivity contribution < 1.29 is 5.11 Å². The maximum Gasteiger partial charge on any atom is 0.0797 e.